The minimum absolute atomic E-state index is 0.0459. The highest BCUT2D eigenvalue weighted by Crippen LogP contribution is 2.25. The molecule has 0 fully saturated rings. The average molecular weight is 371 g/mol. The van der Waals surface area contributed by atoms with Crippen LogP contribution < -0.4 is 10.1 Å². The number of nitrogens with one attached hydrogen (secondary N) is 1. The Morgan fingerprint density at radius 1 is 1.04 bits per heavy atom. The predicted molar refractivity (Wildman–Crippen MR) is 97.0 cm³/mol. The van der Waals surface area contributed by atoms with Crippen LogP contribution in [0.2, 0.25) is 0 Å². The Bertz CT molecular complexity index is 1010. The van der Waals surface area contributed by atoms with Crippen molar-refractivity contribution in [3.63, 3.8) is 0 Å². The zero-order valence-electron chi connectivity index (χ0n) is 14.0. The van der Waals surface area contributed by atoms with E-state index in [9.17, 15) is 13.2 Å². The SMILES string of the molecule is COc1ccccc1NC(=O)c1occc1CS(=O)(=O)c1ccccc1. The number of methoxy groups -OCH3 is 1. The van der Waals surface area contributed by atoms with Crippen LogP contribution in [0.5, 0.6) is 5.75 Å². The molecule has 0 aliphatic carbocycles. The van der Waals surface area contributed by atoms with E-state index < -0.39 is 15.7 Å². The van der Waals surface area contributed by atoms with Crippen molar-refractivity contribution in [1.29, 1.82) is 0 Å². The molecule has 3 aromatic rings. The molecule has 0 aliphatic heterocycles. The third kappa shape index (κ3) is 3.78. The number of anilines is 1. The molecule has 7 heteroatoms. The van der Waals surface area contributed by atoms with Crippen molar-refractivity contribution < 1.29 is 22.4 Å². The van der Waals surface area contributed by atoms with Crippen molar-refractivity contribution in [2.24, 2.45) is 0 Å². The summed E-state index contributed by atoms with van der Waals surface area (Å²) in [6, 6.07) is 16.5. The van der Waals surface area contributed by atoms with E-state index in [1.807, 2.05) is 0 Å². The summed E-state index contributed by atoms with van der Waals surface area (Å²) in [5.41, 5.74) is 0.759. The predicted octanol–water partition coefficient (Wildman–Crippen LogP) is 3.51. The van der Waals surface area contributed by atoms with E-state index in [1.165, 1.54) is 31.6 Å². The number of carbonyl (C=O) groups is 1. The van der Waals surface area contributed by atoms with Gasteiger partial charge < -0.3 is 14.5 Å². The summed E-state index contributed by atoms with van der Waals surface area (Å²) >= 11 is 0. The second-order valence-electron chi connectivity index (χ2n) is 5.50. The van der Waals surface area contributed by atoms with Gasteiger partial charge in [0.1, 0.15) is 5.75 Å². The lowest BCUT2D eigenvalue weighted by Gasteiger charge is -2.09. The maximum absolute atomic E-state index is 12.5. The van der Waals surface area contributed by atoms with E-state index in [2.05, 4.69) is 5.32 Å². The van der Waals surface area contributed by atoms with Gasteiger partial charge in [0.2, 0.25) is 0 Å². The van der Waals surface area contributed by atoms with E-state index in [0.717, 1.165) is 0 Å². The lowest BCUT2D eigenvalue weighted by molar-refractivity contribution is 0.0995. The molecule has 3 rings (SSSR count). The van der Waals surface area contributed by atoms with E-state index in [-0.39, 0.29) is 16.4 Å². The summed E-state index contributed by atoms with van der Waals surface area (Å²) in [7, 11) is -2.09. The minimum Gasteiger partial charge on any atom is -0.495 e. The largest absolute Gasteiger partial charge is 0.495 e. The molecule has 6 nitrogen and oxygen atoms in total. The number of amides is 1. The first-order valence-electron chi connectivity index (χ1n) is 7.80. The maximum Gasteiger partial charge on any atom is 0.291 e. The van der Waals surface area contributed by atoms with Crippen molar-refractivity contribution in [2.45, 2.75) is 10.6 Å². The number of hydrogen-bond donors (Lipinski definition) is 1. The Hall–Kier alpha value is -3.06. The van der Waals surface area contributed by atoms with Crippen molar-refractivity contribution >= 4 is 21.4 Å². The van der Waals surface area contributed by atoms with Gasteiger partial charge >= 0.3 is 0 Å². The van der Waals surface area contributed by atoms with Gasteiger partial charge in [-0.25, -0.2) is 8.42 Å². The Balaban J connectivity index is 1.83. The van der Waals surface area contributed by atoms with Gasteiger partial charge in [0.25, 0.3) is 5.91 Å². The van der Waals surface area contributed by atoms with Crippen LogP contribution in [0, 0.1) is 0 Å². The Morgan fingerprint density at radius 3 is 2.46 bits per heavy atom. The highest BCUT2D eigenvalue weighted by Gasteiger charge is 2.23. The standard InChI is InChI=1S/C19H17NO5S/c1-24-17-10-6-5-9-16(17)20-19(21)18-14(11-12-25-18)13-26(22,23)15-7-3-2-4-8-15/h2-12H,13H2,1H3,(H,20,21). The second kappa shape index (κ2) is 7.45. The highest BCUT2D eigenvalue weighted by atomic mass is 32.2. The Kier molecular flexibility index (Phi) is 5.09. The number of para-hydroxylation sites is 2. The summed E-state index contributed by atoms with van der Waals surface area (Å²) < 4.78 is 35.5. The molecule has 2 aromatic carbocycles. The summed E-state index contributed by atoms with van der Waals surface area (Å²) in [5, 5.41) is 2.68. The monoisotopic (exact) mass is 371 g/mol. The molecule has 0 bridgehead atoms. The quantitative estimate of drug-likeness (QED) is 0.717. The molecule has 1 N–H and O–H groups in total. The molecule has 0 unspecified atom stereocenters. The van der Waals surface area contributed by atoms with Gasteiger partial charge in [0, 0.05) is 5.56 Å². The second-order valence-corrected chi connectivity index (χ2v) is 7.49. The van der Waals surface area contributed by atoms with E-state index in [0.29, 0.717) is 17.0 Å². The topological polar surface area (TPSA) is 85.6 Å². The number of rotatable bonds is 6. The zero-order chi connectivity index (χ0) is 18.6. The van der Waals surface area contributed by atoms with Crippen molar-refractivity contribution in [3.05, 3.63) is 78.3 Å². The van der Waals surface area contributed by atoms with Crippen LogP contribution in [0.25, 0.3) is 0 Å². The molecule has 0 saturated carbocycles. The summed E-state index contributed by atoms with van der Waals surface area (Å²) in [6.07, 6.45) is 1.30. The lowest BCUT2D eigenvalue weighted by Crippen LogP contribution is -2.15. The lowest BCUT2D eigenvalue weighted by atomic mass is 10.2. The fourth-order valence-corrected chi connectivity index (χ4v) is 3.87. The van der Waals surface area contributed by atoms with Gasteiger partial charge in [-0.1, -0.05) is 30.3 Å². The van der Waals surface area contributed by atoms with Gasteiger partial charge in [0.05, 0.1) is 29.7 Å². The van der Waals surface area contributed by atoms with Crippen LogP contribution in [-0.2, 0) is 15.6 Å². The Labute approximate surface area is 151 Å². The summed E-state index contributed by atoms with van der Waals surface area (Å²) in [4.78, 5) is 12.7. The third-order valence-corrected chi connectivity index (χ3v) is 5.44. The van der Waals surface area contributed by atoms with Crippen LogP contribution >= 0.6 is 0 Å². The van der Waals surface area contributed by atoms with Gasteiger partial charge in [-0.3, -0.25) is 4.79 Å². The first-order chi connectivity index (χ1) is 12.5. The average Bonchev–Trinajstić information content (AvgIpc) is 3.10. The summed E-state index contributed by atoms with van der Waals surface area (Å²) in [6.45, 7) is 0. The highest BCUT2D eigenvalue weighted by molar-refractivity contribution is 7.90. The molecule has 1 aromatic heterocycles. The van der Waals surface area contributed by atoms with Crippen molar-refractivity contribution in [2.75, 3.05) is 12.4 Å². The number of benzene rings is 2. The first kappa shape index (κ1) is 17.8. The molecule has 0 radical (unpaired) electrons. The van der Waals surface area contributed by atoms with Gasteiger partial charge in [0.15, 0.2) is 15.6 Å². The van der Waals surface area contributed by atoms with Gasteiger partial charge in [-0.05, 0) is 30.3 Å². The number of carbonyl (C=O) groups excluding carboxylic acids is 1. The van der Waals surface area contributed by atoms with Crippen molar-refractivity contribution in [1.82, 2.24) is 0 Å². The first-order valence-corrected chi connectivity index (χ1v) is 9.45. The number of sulfone groups is 1. The molecule has 1 heterocycles. The molecular weight excluding hydrogens is 354 g/mol. The molecule has 0 saturated heterocycles. The molecular formula is C19H17NO5S. The van der Waals surface area contributed by atoms with E-state index in [1.54, 1.807) is 42.5 Å². The maximum atomic E-state index is 12.5. The normalized spacial score (nSPS) is 11.1. The van der Waals surface area contributed by atoms with Gasteiger partial charge in [-0.2, -0.15) is 0 Å². The number of ether oxygens (including phenoxy) is 1. The van der Waals surface area contributed by atoms with Crippen LogP contribution in [0.4, 0.5) is 5.69 Å². The van der Waals surface area contributed by atoms with Crippen LogP contribution in [0.3, 0.4) is 0 Å². The fraction of sp³-hybridized carbons (Fsp3) is 0.105. The molecule has 1 amide bonds. The molecule has 0 aliphatic rings. The minimum atomic E-state index is -3.59. The number of furan rings is 1. The Morgan fingerprint density at radius 2 is 1.73 bits per heavy atom. The molecule has 0 spiro atoms. The van der Waals surface area contributed by atoms with E-state index >= 15 is 0 Å². The van der Waals surface area contributed by atoms with Crippen LogP contribution in [-0.4, -0.2) is 21.4 Å². The zero-order valence-corrected chi connectivity index (χ0v) is 14.8. The molecule has 0 atom stereocenters. The summed E-state index contributed by atoms with van der Waals surface area (Å²) in [5.74, 6) is -0.429. The van der Waals surface area contributed by atoms with Gasteiger partial charge in [-0.15, -0.1) is 0 Å². The third-order valence-electron chi connectivity index (χ3n) is 3.76. The fourth-order valence-electron chi connectivity index (χ4n) is 2.49. The molecule has 26 heavy (non-hydrogen) atoms. The van der Waals surface area contributed by atoms with Crippen LogP contribution in [0.1, 0.15) is 16.1 Å². The number of hydrogen-bond acceptors (Lipinski definition) is 5. The molecule has 134 valence electrons. The van der Waals surface area contributed by atoms with Crippen molar-refractivity contribution in [3.8, 4) is 5.75 Å². The van der Waals surface area contributed by atoms with Crippen LogP contribution in [0.15, 0.2) is 76.2 Å². The van der Waals surface area contributed by atoms with E-state index in [4.69, 9.17) is 9.15 Å². The smallest absolute Gasteiger partial charge is 0.291 e.